The smallest absolute Gasteiger partial charge is 0.324 e. The zero-order valence-electron chi connectivity index (χ0n) is 17.7. The highest BCUT2D eigenvalue weighted by Crippen LogP contribution is 2.46. The first kappa shape index (κ1) is 23.6. The molecule has 32 heavy (non-hydrogen) atoms. The van der Waals surface area contributed by atoms with Gasteiger partial charge in [-0.15, -0.1) is 0 Å². The van der Waals surface area contributed by atoms with Crippen LogP contribution < -0.4 is 4.90 Å². The Balaban J connectivity index is 2.06. The number of anilines is 1. The minimum absolute atomic E-state index is 0.181. The third-order valence-electron chi connectivity index (χ3n) is 4.89. The highest BCUT2D eigenvalue weighted by Gasteiger charge is 2.42. The molecule has 0 saturated heterocycles. The Bertz CT molecular complexity index is 1060. The van der Waals surface area contributed by atoms with E-state index < -0.39 is 23.3 Å². The molecular weight excluding hydrogens is 433 g/mol. The maximum Gasteiger partial charge on any atom is 0.390 e. The number of amidine groups is 1. The number of nitrogens with zero attached hydrogens (tertiary/aromatic N) is 2. The lowest BCUT2D eigenvalue weighted by atomic mass is 9.96. The third kappa shape index (κ3) is 6.23. The van der Waals surface area contributed by atoms with Gasteiger partial charge in [0.2, 0.25) is 0 Å². The van der Waals surface area contributed by atoms with Crippen molar-refractivity contribution in [2.24, 2.45) is 4.99 Å². The number of amides is 1. The lowest BCUT2D eigenvalue weighted by molar-refractivity contribution is -0.140. The largest absolute Gasteiger partial charge is 0.390 e. The van der Waals surface area contributed by atoms with E-state index in [2.05, 4.69) is 4.99 Å². The summed E-state index contributed by atoms with van der Waals surface area (Å²) >= 11 is 0.933. The summed E-state index contributed by atoms with van der Waals surface area (Å²) in [6.07, 6.45) is -5.48. The van der Waals surface area contributed by atoms with E-state index in [4.69, 9.17) is 0 Å². The second kappa shape index (κ2) is 10.0. The zero-order valence-corrected chi connectivity index (χ0v) is 18.5. The Morgan fingerprint density at radius 2 is 1.38 bits per heavy atom. The monoisotopic (exact) mass is 456 g/mol. The van der Waals surface area contributed by atoms with Crippen LogP contribution in [0.15, 0.2) is 96.0 Å². The molecule has 0 heterocycles. The number of aliphatic imine (C=N–C) groups is 1. The zero-order chi connectivity index (χ0) is 23.2. The number of alkyl halides is 3. The molecule has 0 aliphatic heterocycles. The van der Waals surface area contributed by atoms with Gasteiger partial charge in [0.15, 0.2) is 5.17 Å². The fourth-order valence-corrected chi connectivity index (χ4v) is 4.50. The molecule has 3 aromatic rings. The van der Waals surface area contributed by atoms with Crippen molar-refractivity contribution >= 4 is 28.5 Å². The molecule has 0 saturated carbocycles. The Hall–Kier alpha value is -3.06. The number of benzene rings is 3. The van der Waals surface area contributed by atoms with Crippen molar-refractivity contribution in [3.8, 4) is 0 Å². The van der Waals surface area contributed by atoms with Gasteiger partial charge in [0.25, 0.3) is 5.91 Å². The van der Waals surface area contributed by atoms with E-state index in [0.29, 0.717) is 16.8 Å². The number of carbonyl (C=O) groups is 1. The summed E-state index contributed by atoms with van der Waals surface area (Å²) in [5.74, 6) is -0.515. The molecule has 1 amide bonds. The lowest BCUT2D eigenvalue weighted by Gasteiger charge is -2.33. The Kier molecular flexibility index (Phi) is 7.40. The van der Waals surface area contributed by atoms with Crippen LogP contribution >= 0.6 is 11.8 Å². The second-order valence-electron chi connectivity index (χ2n) is 7.45. The first-order valence-electron chi connectivity index (χ1n) is 9.96. The standard InChI is InChI=1S/C25H23F3N2OS/c1-24(18-25(26,27)28,20-14-8-4-9-15-20)32-23(30(2)21-16-10-5-11-17-21)29-22(31)19-12-6-3-7-13-19/h3-17H,18H2,1-2H3. The van der Waals surface area contributed by atoms with Crippen molar-refractivity contribution in [2.45, 2.75) is 24.3 Å². The average Bonchev–Trinajstić information content (AvgIpc) is 2.78. The second-order valence-corrected chi connectivity index (χ2v) is 8.92. The molecule has 0 aliphatic carbocycles. The van der Waals surface area contributed by atoms with E-state index in [-0.39, 0.29) is 5.17 Å². The summed E-state index contributed by atoms with van der Waals surface area (Å²) in [5, 5.41) is 0.181. The quantitative estimate of drug-likeness (QED) is 0.309. The van der Waals surface area contributed by atoms with E-state index in [9.17, 15) is 18.0 Å². The molecule has 0 aliphatic rings. The van der Waals surface area contributed by atoms with Crippen molar-refractivity contribution in [1.29, 1.82) is 0 Å². The van der Waals surface area contributed by atoms with Gasteiger partial charge in [0, 0.05) is 18.3 Å². The number of rotatable bonds is 5. The summed E-state index contributed by atoms with van der Waals surface area (Å²) in [7, 11) is 1.69. The predicted octanol–water partition coefficient (Wildman–Crippen LogP) is 6.92. The van der Waals surface area contributed by atoms with Crippen LogP contribution in [0.1, 0.15) is 29.3 Å². The van der Waals surface area contributed by atoms with Crippen LogP contribution in [-0.4, -0.2) is 24.3 Å². The molecule has 0 aromatic heterocycles. The molecule has 0 spiro atoms. The van der Waals surface area contributed by atoms with Crippen LogP contribution in [0.3, 0.4) is 0 Å². The van der Waals surface area contributed by atoms with Crippen LogP contribution in [0.2, 0.25) is 0 Å². The fraction of sp³-hybridized carbons (Fsp3) is 0.200. The SMILES string of the molecule is CN(C(=NC(=O)c1ccccc1)SC(C)(CC(F)(F)F)c1ccccc1)c1ccccc1. The molecule has 7 heteroatoms. The average molecular weight is 457 g/mol. The minimum atomic E-state index is -4.41. The van der Waals surface area contributed by atoms with Crippen molar-refractivity contribution in [2.75, 3.05) is 11.9 Å². The van der Waals surface area contributed by atoms with Crippen LogP contribution in [0, 0.1) is 0 Å². The number of para-hydroxylation sites is 1. The summed E-state index contributed by atoms with van der Waals surface area (Å²) in [4.78, 5) is 18.8. The summed E-state index contributed by atoms with van der Waals surface area (Å²) in [6, 6.07) is 26.1. The number of hydrogen-bond acceptors (Lipinski definition) is 2. The van der Waals surface area contributed by atoms with E-state index >= 15 is 0 Å². The Labute approximate surface area is 190 Å². The van der Waals surface area contributed by atoms with E-state index in [1.165, 1.54) is 6.92 Å². The van der Waals surface area contributed by atoms with Crippen molar-refractivity contribution in [1.82, 2.24) is 0 Å². The Morgan fingerprint density at radius 1 is 0.875 bits per heavy atom. The van der Waals surface area contributed by atoms with Crippen LogP contribution in [0.5, 0.6) is 0 Å². The summed E-state index contributed by atoms with van der Waals surface area (Å²) < 4.78 is 39.4. The fourth-order valence-electron chi connectivity index (χ4n) is 3.23. The van der Waals surface area contributed by atoms with Gasteiger partial charge in [0.1, 0.15) is 0 Å². The maximum absolute atomic E-state index is 13.6. The van der Waals surface area contributed by atoms with Crippen molar-refractivity contribution in [3.05, 3.63) is 102 Å². The molecule has 3 nitrogen and oxygen atoms in total. The van der Waals surface area contributed by atoms with Gasteiger partial charge >= 0.3 is 6.18 Å². The van der Waals surface area contributed by atoms with Crippen molar-refractivity contribution < 1.29 is 18.0 Å². The molecule has 0 radical (unpaired) electrons. The topological polar surface area (TPSA) is 32.7 Å². The first-order valence-corrected chi connectivity index (χ1v) is 10.8. The lowest BCUT2D eigenvalue weighted by Crippen LogP contribution is -2.33. The number of halogens is 3. The van der Waals surface area contributed by atoms with Crippen LogP contribution in [0.4, 0.5) is 18.9 Å². The summed E-state index contributed by atoms with van der Waals surface area (Å²) in [6.45, 7) is 1.53. The van der Waals surface area contributed by atoms with E-state index in [1.807, 2.05) is 30.3 Å². The molecule has 0 bridgehead atoms. The van der Waals surface area contributed by atoms with E-state index in [0.717, 1.165) is 11.8 Å². The molecular formula is C25H23F3N2OS. The molecule has 1 atom stereocenters. The van der Waals surface area contributed by atoms with Gasteiger partial charge in [-0.2, -0.15) is 18.2 Å². The number of hydrogen-bond donors (Lipinski definition) is 0. The van der Waals surface area contributed by atoms with Crippen LogP contribution in [-0.2, 0) is 4.75 Å². The van der Waals surface area contributed by atoms with Gasteiger partial charge in [-0.1, -0.05) is 78.5 Å². The molecule has 0 fully saturated rings. The highest BCUT2D eigenvalue weighted by atomic mass is 32.2. The van der Waals surface area contributed by atoms with Gasteiger partial charge in [-0.3, -0.25) is 4.79 Å². The molecule has 0 N–H and O–H groups in total. The maximum atomic E-state index is 13.6. The molecule has 3 rings (SSSR count). The van der Waals surface area contributed by atoms with Gasteiger partial charge in [0.05, 0.1) is 11.2 Å². The van der Waals surface area contributed by atoms with E-state index in [1.54, 1.807) is 72.6 Å². The van der Waals surface area contributed by atoms with Gasteiger partial charge in [-0.05, 0) is 36.8 Å². The molecule has 166 valence electrons. The van der Waals surface area contributed by atoms with Gasteiger partial charge in [-0.25, -0.2) is 0 Å². The third-order valence-corrected chi connectivity index (χ3v) is 6.27. The minimum Gasteiger partial charge on any atom is -0.324 e. The number of thioether (sulfide) groups is 1. The highest BCUT2D eigenvalue weighted by molar-refractivity contribution is 8.15. The summed E-state index contributed by atoms with van der Waals surface area (Å²) in [5.41, 5.74) is 1.58. The number of carbonyl (C=O) groups excluding carboxylic acids is 1. The normalized spacial score (nSPS) is 14.0. The Morgan fingerprint density at radius 3 is 1.91 bits per heavy atom. The first-order chi connectivity index (χ1) is 15.2. The van der Waals surface area contributed by atoms with Crippen molar-refractivity contribution in [3.63, 3.8) is 0 Å². The molecule has 3 aromatic carbocycles. The molecule has 1 unspecified atom stereocenters. The van der Waals surface area contributed by atoms with Gasteiger partial charge < -0.3 is 4.90 Å². The predicted molar refractivity (Wildman–Crippen MR) is 125 cm³/mol. The van der Waals surface area contributed by atoms with Crippen LogP contribution in [0.25, 0.3) is 0 Å².